The van der Waals surface area contributed by atoms with E-state index in [0.717, 1.165) is 15.2 Å². The lowest BCUT2D eigenvalue weighted by molar-refractivity contribution is 0.0735. The molecule has 0 N–H and O–H groups in total. The molecule has 0 radical (unpaired) electrons. The van der Waals surface area contributed by atoms with Gasteiger partial charge in [-0.05, 0) is 66.2 Å². The maximum absolute atomic E-state index is 13.6. The number of rotatable bonds is 4. The summed E-state index contributed by atoms with van der Waals surface area (Å²) in [5.74, 6) is 0.366. The number of halogens is 1. The molecule has 6 heteroatoms. The van der Waals surface area contributed by atoms with E-state index >= 15 is 0 Å². The van der Waals surface area contributed by atoms with Gasteiger partial charge in [-0.1, -0.05) is 58.4 Å². The first-order valence-corrected chi connectivity index (χ1v) is 11.8. The van der Waals surface area contributed by atoms with Gasteiger partial charge in [-0.15, -0.1) is 0 Å². The Hall–Kier alpha value is -3.77. The van der Waals surface area contributed by atoms with Crippen molar-refractivity contribution >= 4 is 43.5 Å². The number of hydrogen-bond acceptors (Lipinski definition) is 3. The molecule has 0 fully saturated rings. The highest BCUT2D eigenvalue weighted by Gasteiger charge is 2.25. The second kappa shape index (κ2) is 8.88. The van der Waals surface area contributed by atoms with Crippen LogP contribution in [0.5, 0.6) is 0 Å². The molecular formula is C28H22BrN3O2. The number of para-hydroxylation sites is 1. The van der Waals surface area contributed by atoms with Crippen molar-refractivity contribution in [3.05, 3.63) is 117 Å². The van der Waals surface area contributed by atoms with Crippen LogP contribution in [0.3, 0.4) is 0 Å². The van der Waals surface area contributed by atoms with Crippen molar-refractivity contribution in [2.45, 2.75) is 13.0 Å². The molecule has 0 aliphatic carbocycles. The van der Waals surface area contributed by atoms with Crippen molar-refractivity contribution in [2.24, 2.45) is 0 Å². The van der Waals surface area contributed by atoms with Crippen LogP contribution in [0.25, 0.3) is 27.4 Å². The maximum atomic E-state index is 13.6. The van der Waals surface area contributed by atoms with Gasteiger partial charge in [0.2, 0.25) is 0 Å². The van der Waals surface area contributed by atoms with E-state index in [9.17, 15) is 9.59 Å². The van der Waals surface area contributed by atoms with Gasteiger partial charge in [0.05, 0.1) is 22.6 Å². The summed E-state index contributed by atoms with van der Waals surface area (Å²) < 4.78 is 2.51. The smallest absolute Gasteiger partial charge is 0.266 e. The fourth-order valence-electron chi connectivity index (χ4n) is 4.14. The van der Waals surface area contributed by atoms with Gasteiger partial charge in [-0.3, -0.25) is 14.2 Å². The Balaban J connectivity index is 1.62. The molecule has 5 aromatic rings. The van der Waals surface area contributed by atoms with E-state index < -0.39 is 6.04 Å². The van der Waals surface area contributed by atoms with Crippen LogP contribution in [0.2, 0.25) is 0 Å². The minimum atomic E-state index is -0.458. The molecule has 0 spiro atoms. The van der Waals surface area contributed by atoms with Gasteiger partial charge in [-0.25, -0.2) is 4.98 Å². The van der Waals surface area contributed by atoms with Crippen LogP contribution < -0.4 is 5.56 Å². The third-order valence-electron chi connectivity index (χ3n) is 6.16. The van der Waals surface area contributed by atoms with E-state index in [2.05, 4.69) is 15.9 Å². The van der Waals surface area contributed by atoms with E-state index in [4.69, 9.17) is 4.98 Å². The molecule has 5 rings (SSSR count). The van der Waals surface area contributed by atoms with Crippen LogP contribution >= 0.6 is 15.9 Å². The molecule has 1 aromatic heterocycles. The summed E-state index contributed by atoms with van der Waals surface area (Å²) in [5.41, 5.74) is 1.72. The lowest BCUT2D eigenvalue weighted by Gasteiger charge is -2.27. The van der Waals surface area contributed by atoms with Gasteiger partial charge < -0.3 is 4.90 Å². The van der Waals surface area contributed by atoms with Crippen molar-refractivity contribution < 1.29 is 4.79 Å². The topological polar surface area (TPSA) is 55.2 Å². The first-order chi connectivity index (χ1) is 16.4. The molecule has 168 valence electrons. The first-order valence-electron chi connectivity index (χ1n) is 11.0. The van der Waals surface area contributed by atoms with Crippen molar-refractivity contribution in [1.29, 1.82) is 0 Å². The molecular weight excluding hydrogens is 490 g/mol. The number of carbonyl (C=O) groups excluding carboxylic acids is 1. The Morgan fingerprint density at radius 1 is 0.912 bits per heavy atom. The molecule has 0 aliphatic rings. The van der Waals surface area contributed by atoms with Gasteiger partial charge in [0.25, 0.3) is 11.5 Å². The normalized spacial score (nSPS) is 12.1. The summed E-state index contributed by atoms with van der Waals surface area (Å²) in [5, 5.41) is 2.62. The number of carbonyl (C=O) groups is 1. The Kier molecular flexibility index (Phi) is 5.75. The first kappa shape index (κ1) is 22.0. The lowest BCUT2D eigenvalue weighted by Crippen LogP contribution is -2.34. The molecule has 0 aliphatic heterocycles. The summed E-state index contributed by atoms with van der Waals surface area (Å²) in [6.07, 6.45) is 0. The van der Waals surface area contributed by atoms with E-state index in [1.54, 1.807) is 22.6 Å². The van der Waals surface area contributed by atoms with Gasteiger partial charge >= 0.3 is 0 Å². The zero-order chi connectivity index (χ0) is 23.8. The summed E-state index contributed by atoms with van der Waals surface area (Å²) in [7, 11) is 1.75. The van der Waals surface area contributed by atoms with E-state index in [-0.39, 0.29) is 11.5 Å². The van der Waals surface area contributed by atoms with Crippen LogP contribution in [0.15, 0.2) is 100 Å². The standard InChI is InChI=1S/C28H22BrN3O2/c1-18(31(2)27(33)21-12-11-19-7-3-4-8-20(19)17-21)26-30-25-10-6-5-9-24(25)28(34)32(26)23-15-13-22(29)14-16-23/h3-18H,1-2H3. The predicted octanol–water partition coefficient (Wildman–Crippen LogP) is 6.13. The summed E-state index contributed by atoms with van der Waals surface area (Å²) in [6.45, 7) is 1.89. The van der Waals surface area contributed by atoms with Crippen molar-refractivity contribution in [2.75, 3.05) is 7.05 Å². The fourth-order valence-corrected chi connectivity index (χ4v) is 4.41. The highest BCUT2D eigenvalue weighted by atomic mass is 79.9. The number of amides is 1. The molecule has 0 saturated carbocycles. The molecule has 1 atom stereocenters. The minimum Gasteiger partial charge on any atom is -0.332 e. The quantitative estimate of drug-likeness (QED) is 0.291. The zero-order valence-electron chi connectivity index (χ0n) is 18.8. The molecule has 0 bridgehead atoms. The van der Waals surface area contributed by atoms with Crippen molar-refractivity contribution in [3.8, 4) is 5.69 Å². The largest absolute Gasteiger partial charge is 0.332 e. The van der Waals surface area contributed by atoms with Gasteiger partial charge in [0, 0.05) is 17.1 Å². The highest BCUT2D eigenvalue weighted by Crippen LogP contribution is 2.25. The van der Waals surface area contributed by atoms with Crippen molar-refractivity contribution in [3.63, 3.8) is 0 Å². The molecule has 1 amide bonds. The Bertz CT molecular complexity index is 1590. The van der Waals surface area contributed by atoms with Crippen LogP contribution in [-0.4, -0.2) is 27.4 Å². The Morgan fingerprint density at radius 3 is 2.35 bits per heavy atom. The van der Waals surface area contributed by atoms with Crippen LogP contribution in [0.4, 0.5) is 0 Å². The SMILES string of the molecule is CC(c1nc2ccccc2c(=O)n1-c1ccc(Br)cc1)N(C)C(=O)c1ccc2ccccc2c1. The molecule has 1 unspecified atom stereocenters. The molecule has 34 heavy (non-hydrogen) atoms. The number of fused-ring (bicyclic) bond motifs is 2. The summed E-state index contributed by atoms with van der Waals surface area (Å²) in [4.78, 5) is 33.5. The third-order valence-corrected chi connectivity index (χ3v) is 6.69. The predicted molar refractivity (Wildman–Crippen MR) is 139 cm³/mol. The summed E-state index contributed by atoms with van der Waals surface area (Å²) in [6, 6.07) is 28.0. The van der Waals surface area contributed by atoms with Gasteiger partial charge in [0.15, 0.2) is 0 Å². The fraction of sp³-hybridized carbons (Fsp3) is 0.107. The number of hydrogen-bond donors (Lipinski definition) is 0. The van der Waals surface area contributed by atoms with Crippen LogP contribution in [0, 0.1) is 0 Å². The number of benzene rings is 4. The Labute approximate surface area is 205 Å². The average molecular weight is 512 g/mol. The number of nitrogens with zero attached hydrogens (tertiary/aromatic N) is 3. The lowest BCUT2D eigenvalue weighted by atomic mass is 10.1. The molecule has 0 saturated heterocycles. The van der Waals surface area contributed by atoms with Crippen LogP contribution in [0.1, 0.15) is 29.1 Å². The Morgan fingerprint density at radius 2 is 1.59 bits per heavy atom. The number of aromatic nitrogens is 2. The monoisotopic (exact) mass is 511 g/mol. The zero-order valence-corrected chi connectivity index (χ0v) is 20.4. The van der Waals surface area contributed by atoms with E-state index in [1.807, 2.05) is 91.9 Å². The third kappa shape index (κ3) is 3.90. The van der Waals surface area contributed by atoms with Crippen LogP contribution in [-0.2, 0) is 0 Å². The van der Waals surface area contributed by atoms with Crippen molar-refractivity contribution in [1.82, 2.24) is 14.5 Å². The summed E-state index contributed by atoms with van der Waals surface area (Å²) >= 11 is 3.45. The average Bonchev–Trinajstić information content (AvgIpc) is 2.87. The van der Waals surface area contributed by atoms with E-state index in [1.165, 1.54) is 0 Å². The highest BCUT2D eigenvalue weighted by molar-refractivity contribution is 9.10. The molecule has 1 heterocycles. The second-order valence-corrected chi connectivity index (χ2v) is 9.17. The maximum Gasteiger partial charge on any atom is 0.266 e. The molecule has 5 nitrogen and oxygen atoms in total. The second-order valence-electron chi connectivity index (χ2n) is 8.26. The van der Waals surface area contributed by atoms with Gasteiger partial charge in [0.1, 0.15) is 5.82 Å². The molecule has 4 aromatic carbocycles. The van der Waals surface area contributed by atoms with E-state index in [0.29, 0.717) is 28.0 Å². The van der Waals surface area contributed by atoms with Gasteiger partial charge in [-0.2, -0.15) is 0 Å². The minimum absolute atomic E-state index is 0.136.